The summed E-state index contributed by atoms with van der Waals surface area (Å²) in [6.07, 6.45) is 3.36. The van der Waals surface area contributed by atoms with E-state index in [1.54, 1.807) is 0 Å². The largest absolute Gasteiger partial charge is 0.496 e. The lowest BCUT2D eigenvalue weighted by molar-refractivity contribution is -0.385. The first-order valence-electron chi connectivity index (χ1n) is 7.84. The van der Waals surface area contributed by atoms with Crippen molar-refractivity contribution < 1.29 is 19.2 Å². The van der Waals surface area contributed by atoms with Crippen molar-refractivity contribution in [3.63, 3.8) is 0 Å². The Kier molecular flexibility index (Phi) is 5.23. The molecule has 0 fully saturated rings. The van der Waals surface area contributed by atoms with Crippen molar-refractivity contribution in [2.45, 2.75) is 24.2 Å². The zero-order chi connectivity index (χ0) is 17.8. The maximum absolute atomic E-state index is 12.1. The first-order chi connectivity index (χ1) is 12.1. The summed E-state index contributed by atoms with van der Waals surface area (Å²) in [7, 11) is 1.41. The molecule has 130 valence electrons. The second-order valence-electron chi connectivity index (χ2n) is 5.64. The number of nitro benzene ring substituents is 1. The summed E-state index contributed by atoms with van der Waals surface area (Å²) in [6, 6.07) is 10.3. The maximum atomic E-state index is 12.1. The molecule has 0 saturated heterocycles. The number of esters is 1. The smallest absolute Gasteiger partial charge is 0.321 e. The number of rotatable bonds is 6. The van der Waals surface area contributed by atoms with Gasteiger partial charge in [0.2, 0.25) is 5.75 Å². The molecule has 2 aromatic carbocycles. The highest BCUT2D eigenvalue weighted by Crippen LogP contribution is 2.32. The van der Waals surface area contributed by atoms with Crippen molar-refractivity contribution in [2.24, 2.45) is 0 Å². The lowest BCUT2D eigenvalue weighted by atomic mass is 10.1. The van der Waals surface area contributed by atoms with Gasteiger partial charge >= 0.3 is 11.7 Å². The summed E-state index contributed by atoms with van der Waals surface area (Å²) >= 11 is 1.37. The molecule has 0 amide bonds. The number of benzene rings is 2. The van der Waals surface area contributed by atoms with E-state index >= 15 is 0 Å². The van der Waals surface area contributed by atoms with Gasteiger partial charge in [-0.05, 0) is 54.7 Å². The minimum Gasteiger partial charge on any atom is -0.496 e. The van der Waals surface area contributed by atoms with E-state index in [4.69, 9.17) is 9.47 Å². The molecule has 25 heavy (non-hydrogen) atoms. The van der Waals surface area contributed by atoms with Gasteiger partial charge in [-0.25, -0.2) is 0 Å². The highest BCUT2D eigenvalue weighted by Gasteiger charge is 2.19. The van der Waals surface area contributed by atoms with Crippen molar-refractivity contribution in [3.8, 4) is 11.5 Å². The Bertz CT molecular complexity index is 821. The number of methoxy groups -OCH3 is 1. The third kappa shape index (κ3) is 4.11. The van der Waals surface area contributed by atoms with Gasteiger partial charge < -0.3 is 9.47 Å². The summed E-state index contributed by atoms with van der Waals surface area (Å²) in [5, 5.41) is 11.1. The summed E-state index contributed by atoms with van der Waals surface area (Å²) < 4.78 is 10.1. The second-order valence-corrected chi connectivity index (χ2v) is 6.69. The number of carbonyl (C=O) groups is 1. The minimum absolute atomic E-state index is 0.0784. The summed E-state index contributed by atoms with van der Waals surface area (Å²) in [5.74, 6) is -0.190. The lowest BCUT2D eigenvalue weighted by Gasteiger charge is -2.07. The monoisotopic (exact) mass is 359 g/mol. The van der Waals surface area contributed by atoms with Crippen molar-refractivity contribution in [1.82, 2.24) is 0 Å². The van der Waals surface area contributed by atoms with Crippen molar-refractivity contribution >= 4 is 23.4 Å². The molecule has 0 bridgehead atoms. The van der Waals surface area contributed by atoms with Gasteiger partial charge in [0.25, 0.3) is 0 Å². The number of aryl methyl sites for hydroxylation is 2. The van der Waals surface area contributed by atoms with Gasteiger partial charge in [0, 0.05) is 4.90 Å². The van der Waals surface area contributed by atoms with Gasteiger partial charge in [-0.2, -0.15) is 0 Å². The Labute approximate surface area is 149 Å². The molecule has 7 heteroatoms. The van der Waals surface area contributed by atoms with E-state index < -0.39 is 10.9 Å². The molecular weight excluding hydrogens is 342 g/mol. The Morgan fingerprint density at radius 1 is 1.20 bits per heavy atom. The topological polar surface area (TPSA) is 78.7 Å². The molecule has 0 atom stereocenters. The van der Waals surface area contributed by atoms with Gasteiger partial charge in [-0.15, -0.1) is 11.8 Å². The Morgan fingerprint density at radius 3 is 2.76 bits per heavy atom. The highest BCUT2D eigenvalue weighted by atomic mass is 32.2. The van der Waals surface area contributed by atoms with Crippen molar-refractivity contribution in [2.75, 3.05) is 12.9 Å². The molecule has 1 aliphatic carbocycles. The molecule has 0 N–H and O–H groups in total. The van der Waals surface area contributed by atoms with Crippen LogP contribution in [0.5, 0.6) is 11.5 Å². The molecule has 2 aromatic rings. The Hall–Kier alpha value is -2.54. The van der Waals surface area contributed by atoms with Crippen molar-refractivity contribution in [1.29, 1.82) is 0 Å². The van der Waals surface area contributed by atoms with Crippen LogP contribution in [-0.4, -0.2) is 23.8 Å². The molecule has 6 nitrogen and oxygen atoms in total. The summed E-state index contributed by atoms with van der Waals surface area (Å²) in [6.45, 7) is 0. The molecule has 0 unspecified atom stereocenters. The summed E-state index contributed by atoms with van der Waals surface area (Å²) in [4.78, 5) is 23.6. The lowest BCUT2D eigenvalue weighted by Crippen LogP contribution is -2.11. The average molecular weight is 359 g/mol. The van der Waals surface area contributed by atoms with Crippen LogP contribution in [-0.2, 0) is 17.6 Å². The Balaban J connectivity index is 1.64. The van der Waals surface area contributed by atoms with Gasteiger partial charge in [-0.1, -0.05) is 6.07 Å². The summed E-state index contributed by atoms with van der Waals surface area (Å²) in [5.41, 5.74) is 2.42. The third-order valence-corrected chi connectivity index (χ3v) is 4.98. The number of carbonyl (C=O) groups excluding carboxylic acids is 1. The molecule has 1 aliphatic rings. The zero-order valence-electron chi connectivity index (χ0n) is 13.7. The van der Waals surface area contributed by atoms with E-state index in [0.717, 1.165) is 17.7 Å². The fourth-order valence-corrected chi connectivity index (χ4v) is 3.52. The van der Waals surface area contributed by atoms with Gasteiger partial charge in [0.15, 0.2) is 0 Å². The van der Waals surface area contributed by atoms with Crippen LogP contribution in [0.25, 0.3) is 0 Å². The number of nitro groups is 1. The minimum atomic E-state index is -0.598. The van der Waals surface area contributed by atoms with Crippen LogP contribution >= 0.6 is 11.8 Å². The molecule has 0 radical (unpaired) electrons. The fourth-order valence-electron chi connectivity index (χ4n) is 2.79. The van der Waals surface area contributed by atoms with Gasteiger partial charge in [0.1, 0.15) is 5.75 Å². The highest BCUT2D eigenvalue weighted by molar-refractivity contribution is 8.00. The first-order valence-corrected chi connectivity index (χ1v) is 8.83. The van der Waals surface area contributed by atoms with Crippen LogP contribution in [0.2, 0.25) is 0 Å². The Morgan fingerprint density at radius 2 is 2.00 bits per heavy atom. The van der Waals surface area contributed by atoms with Crippen LogP contribution in [0.3, 0.4) is 0 Å². The molecule has 3 rings (SSSR count). The molecular formula is C18H17NO5S. The third-order valence-electron chi connectivity index (χ3n) is 4.01. The van der Waals surface area contributed by atoms with E-state index in [1.165, 1.54) is 54.6 Å². The average Bonchev–Trinajstić information content (AvgIpc) is 3.07. The number of nitrogens with zero attached hydrogens (tertiary/aromatic N) is 1. The van der Waals surface area contributed by atoms with E-state index in [2.05, 4.69) is 12.1 Å². The van der Waals surface area contributed by atoms with Crippen LogP contribution in [0.1, 0.15) is 17.5 Å². The SMILES string of the molecule is COc1ccc(OC(=O)CSc2ccc3c(c2)CCC3)c([N+](=O)[O-])c1. The van der Waals surface area contributed by atoms with Gasteiger partial charge in [-0.3, -0.25) is 14.9 Å². The van der Waals surface area contributed by atoms with Crippen LogP contribution in [0.15, 0.2) is 41.3 Å². The predicted octanol–water partition coefficient (Wildman–Crippen LogP) is 3.79. The van der Waals surface area contributed by atoms with Crippen LogP contribution in [0.4, 0.5) is 5.69 Å². The van der Waals surface area contributed by atoms with Crippen molar-refractivity contribution in [3.05, 3.63) is 57.6 Å². The standard InChI is InChI=1S/C18H17NO5S/c1-23-14-6-8-17(16(10-14)19(21)22)24-18(20)11-25-15-7-5-12-3-2-4-13(12)9-15/h5-10H,2-4,11H2,1H3. The molecule has 0 heterocycles. The van der Waals surface area contributed by atoms with Gasteiger partial charge in [0.05, 0.1) is 23.9 Å². The molecule has 0 spiro atoms. The first kappa shape index (κ1) is 17.3. The normalized spacial score (nSPS) is 12.5. The molecule has 0 aliphatic heterocycles. The number of fused-ring (bicyclic) bond motifs is 1. The number of hydrogen-bond donors (Lipinski definition) is 0. The van der Waals surface area contributed by atoms with Crippen LogP contribution in [0, 0.1) is 10.1 Å². The van der Waals surface area contributed by atoms with E-state index in [-0.39, 0.29) is 17.2 Å². The molecule has 0 saturated carbocycles. The number of hydrogen-bond acceptors (Lipinski definition) is 6. The molecule has 0 aromatic heterocycles. The second kappa shape index (κ2) is 7.57. The number of ether oxygens (including phenoxy) is 2. The van der Waals surface area contributed by atoms with E-state index in [1.807, 2.05) is 6.07 Å². The quantitative estimate of drug-likeness (QED) is 0.257. The maximum Gasteiger partial charge on any atom is 0.321 e. The zero-order valence-corrected chi connectivity index (χ0v) is 14.5. The van der Waals surface area contributed by atoms with E-state index in [9.17, 15) is 14.9 Å². The number of thioether (sulfide) groups is 1. The predicted molar refractivity (Wildman–Crippen MR) is 94.5 cm³/mol. The fraction of sp³-hybridized carbons (Fsp3) is 0.278. The van der Waals surface area contributed by atoms with Crippen LogP contribution < -0.4 is 9.47 Å². The van der Waals surface area contributed by atoms with E-state index in [0.29, 0.717) is 5.75 Å².